The molecule has 0 aliphatic heterocycles. The van der Waals surface area contributed by atoms with Gasteiger partial charge in [0.05, 0.1) is 24.1 Å². The van der Waals surface area contributed by atoms with Crippen molar-refractivity contribution >= 4 is 0 Å². The van der Waals surface area contributed by atoms with Crippen LogP contribution >= 0.6 is 0 Å². The molecule has 0 bridgehead atoms. The average molecular weight is 414 g/mol. The Hall–Kier alpha value is -3.39. The molecule has 7 nitrogen and oxygen atoms in total. The summed E-state index contributed by atoms with van der Waals surface area (Å²) in [5, 5.41) is 9.82. The lowest BCUT2D eigenvalue weighted by atomic mass is 10.2. The summed E-state index contributed by atoms with van der Waals surface area (Å²) in [6, 6.07) is 12.6. The Morgan fingerprint density at radius 1 is 1.07 bits per heavy atom. The fraction of sp³-hybridized carbons (Fsp3) is 0.273. The highest BCUT2D eigenvalue weighted by atomic mass is 19.1. The molecule has 30 heavy (non-hydrogen) atoms. The molecule has 0 fully saturated rings. The number of aromatic nitrogens is 2. The third kappa shape index (κ3) is 5.36. The highest BCUT2D eigenvalue weighted by Gasteiger charge is 2.16. The maximum Gasteiger partial charge on any atom is 0.352 e. The van der Waals surface area contributed by atoms with Gasteiger partial charge in [-0.05, 0) is 44.2 Å². The van der Waals surface area contributed by atoms with Crippen molar-refractivity contribution in [1.29, 1.82) is 0 Å². The van der Waals surface area contributed by atoms with Gasteiger partial charge >= 0.3 is 5.69 Å². The zero-order valence-electron chi connectivity index (χ0n) is 17.0. The predicted octanol–water partition coefficient (Wildman–Crippen LogP) is 3.11. The summed E-state index contributed by atoms with van der Waals surface area (Å²) in [6.07, 6.45) is 1.56. The van der Waals surface area contributed by atoms with Gasteiger partial charge in [0.1, 0.15) is 13.2 Å². The zero-order valence-corrected chi connectivity index (χ0v) is 17.0. The fourth-order valence-electron chi connectivity index (χ4n) is 2.61. The SMILES string of the molecule is COc1cc(-n2ccc(COc3ccccc3F)nc2=O)ccc1OCC(C)(C)O. The summed E-state index contributed by atoms with van der Waals surface area (Å²) >= 11 is 0. The van der Waals surface area contributed by atoms with E-state index in [9.17, 15) is 14.3 Å². The summed E-state index contributed by atoms with van der Waals surface area (Å²) in [5.74, 6) is 0.467. The van der Waals surface area contributed by atoms with Crippen LogP contribution in [0.3, 0.4) is 0 Å². The summed E-state index contributed by atoms with van der Waals surface area (Å²) in [4.78, 5) is 16.5. The maximum absolute atomic E-state index is 13.6. The summed E-state index contributed by atoms with van der Waals surface area (Å²) in [6.45, 7) is 3.32. The van der Waals surface area contributed by atoms with Gasteiger partial charge in [-0.1, -0.05) is 12.1 Å². The number of hydrogen-bond donors (Lipinski definition) is 1. The van der Waals surface area contributed by atoms with E-state index in [4.69, 9.17) is 14.2 Å². The quantitative estimate of drug-likeness (QED) is 0.610. The Kier molecular flexibility index (Phi) is 6.37. The van der Waals surface area contributed by atoms with Crippen LogP contribution in [0.5, 0.6) is 17.2 Å². The summed E-state index contributed by atoms with van der Waals surface area (Å²) in [5.41, 5.74) is -0.611. The number of benzene rings is 2. The van der Waals surface area contributed by atoms with Crippen LogP contribution < -0.4 is 19.9 Å². The van der Waals surface area contributed by atoms with Crippen LogP contribution in [0.25, 0.3) is 5.69 Å². The van der Waals surface area contributed by atoms with Crippen LogP contribution in [-0.4, -0.2) is 34.0 Å². The van der Waals surface area contributed by atoms with E-state index in [1.807, 2.05) is 0 Å². The molecule has 1 heterocycles. The highest BCUT2D eigenvalue weighted by Crippen LogP contribution is 2.29. The Balaban J connectivity index is 1.77. The number of rotatable bonds is 8. The lowest BCUT2D eigenvalue weighted by Gasteiger charge is -2.19. The normalized spacial score (nSPS) is 11.2. The first-order valence-corrected chi connectivity index (χ1v) is 9.26. The third-order valence-electron chi connectivity index (χ3n) is 4.08. The predicted molar refractivity (Wildman–Crippen MR) is 109 cm³/mol. The van der Waals surface area contributed by atoms with Crippen molar-refractivity contribution < 1.29 is 23.7 Å². The molecule has 0 saturated heterocycles. The van der Waals surface area contributed by atoms with Gasteiger partial charge in [0.25, 0.3) is 0 Å². The number of ether oxygens (including phenoxy) is 3. The molecule has 8 heteroatoms. The van der Waals surface area contributed by atoms with Gasteiger partial charge in [0.2, 0.25) is 0 Å². The average Bonchev–Trinajstić information content (AvgIpc) is 2.71. The van der Waals surface area contributed by atoms with E-state index in [0.29, 0.717) is 22.9 Å². The molecule has 3 aromatic rings. The van der Waals surface area contributed by atoms with Crippen LogP contribution in [0.15, 0.2) is 59.5 Å². The van der Waals surface area contributed by atoms with Gasteiger partial charge < -0.3 is 19.3 Å². The molecule has 2 aromatic carbocycles. The minimum absolute atomic E-state index is 0.0376. The Labute approximate surface area is 173 Å². The first kappa shape index (κ1) is 21.3. The van der Waals surface area contributed by atoms with Crippen LogP contribution in [0, 0.1) is 5.82 Å². The number of nitrogens with zero attached hydrogens (tertiary/aromatic N) is 2. The minimum Gasteiger partial charge on any atom is -0.493 e. The highest BCUT2D eigenvalue weighted by molar-refractivity contribution is 5.49. The molecule has 1 N–H and O–H groups in total. The van der Waals surface area contributed by atoms with Crippen molar-refractivity contribution in [3.63, 3.8) is 0 Å². The van der Waals surface area contributed by atoms with Crippen molar-refractivity contribution in [2.45, 2.75) is 26.1 Å². The van der Waals surface area contributed by atoms with Crippen LogP contribution in [0.1, 0.15) is 19.5 Å². The van der Waals surface area contributed by atoms with E-state index >= 15 is 0 Å². The standard InChI is InChI=1S/C22H23FN2O5/c1-22(2,27)14-30-19-9-8-16(12-20(19)28-3)25-11-10-15(24-21(25)26)13-29-18-7-5-4-6-17(18)23/h4-12,27H,13-14H2,1-3H3. The van der Waals surface area contributed by atoms with Crippen molar-refractivity contribution in [3.8, 4) is 22.9 Å². The first-order chi connectivity index (χ1) is 14.3. The van der Waals surface area contributed by atoms with E-state index in [1.54, 1.807) is 56.4 Å². The third-order valence-corrected chi connectivity index (χ3v) is 4.08. The van der Waals surface area contributed by atoms with Gasteiger partial charge in [-0.25, -0.2) is 9.18 Å². The summed E-state index contributed by atoms with van der Waals surface area (Å²) < 4.78 is 31.3. The molecular formula is C22H23FN2O5. The minimum atomic E-state index is -0.995. The molecular weight excluding hydrogens is 391 g/mol. The van der Waals surface area contributed by atoms with Crippen molar-refractivity contribution in [2.24, 2.45) is 0 Å². The smallest absolute Gasteiger partial charge is 0.352 e. The van der Waals surface area contributed by atoms with E-state index in [1.165, 1.54) is 23.8 Å². The topological polar surface area (TPSA) is 82.8 Å². The number of halogens is 1. The van der Waals surface area contributed by atoms with Crippen LogP contribution in [0.4, 0.5) is 4.39 Å². The molecule has 0 saturated carbocycles. The van der Waals surface area contributed by atoms with E-state index in [-0.39, 0.29) is 19.0 Å². The number of methoxy groups -OCH3 is 1. The molecule has 0 atom stereocenters. The molecule has 1 aromatic heterocycles. The largest absolute Gasteiger partial charge is 0.493 e. The fourth-order valence-corrected chi connectivity index (χ4v) is 2.61. The molecule has 0 amide bonds. The lowest BCUT2D eigenvalue weighted by molar-refractivity contribution is 0.0276. The van der Waals surface area contributed by atoms with E-state index in [0.717, 1.165) is 0 Å². The Morgan fingerprint density at radius 2 is 1.83 bits per heavy atom. The Morgan fingerprint density at radius 3 is 2.50 bits per heavy atom. The van der Waals surface area contributed by atoms with Gasteiger partial charge in [-0.2, -0.15) is 4.98 Å². The van der Waals surface area contributed by atoms with Crippen molar-refractivity contribution in [2.75, 3.05) is 13.7 Å². The monoisotopic (exact) mass is 414 g/mol. The maximum atomic E-state index is 13.6. The summed E-state index contributed by atoms with van der Waals surface area (Å²) in [7, 11) is 1.49. The van der Waals surface area contributed by atoms with Crippen molar-refractivity contribution in [1.82, 2.24) is 9.55 Å². The molecule has 0 aliphatic rings. The molecule has 158 valence electrons. The number of aliphatic hydroxyl groups is 1. The van der Waals surface area contributed by atoms with Crippen LogP contribution in [-0.2, 0) is 6.61 Å². The van der Waals surface area contributed by atoms with Gasteiger partial charge in [0.15, 0.2) is 23.1 Å². The second-order valence-electron chi connectivity index (χ2n) is 7.23. The van der Waals surface area contributed by atoms with Crippen molar-refractivity contribution in [3.05, 3.63) is 76.7 Å². The second kappa shape index (κ2) is 8.96. The number of para-hydroxylation sites is 1. The Bertz CT molecular complexity index is 1080. The molecule has 3 rings (SSSR count). The van der Waals surface area contributed by atoms with Gasteiger partial charge in [-0.15, -0.1) is 0 Å². The van der Waals surface area contributed by atoms with Crippen LogP contribution in [0.2, 0.25) is 0 Å². The van der Waals surface area contributed by atoms with Gasteiger partial charge in [0, 0.05) is 12.3 Å². The van der Waals surface area contributed by atoms with E-state index in [2.05, 4.69) is 4.98 Å². The van der Waals surface area contributed by atoms with Gasteiger partial charge in [-0.3, -0.25) is 4.57 Å². The second-order valence-corrected chi connectivity index (χ2v) is 7.23. The molecule has 0 aliphatic carbocycles. The van der Waals surface area contributed by atoms with E-state index < -0.39 is 17.1 Å². The molecule has 0 radical (unpaired) electrons. The lowest BCUT2D eigenvalue weighted by Crippen LogP contribution is -2.28. The zero-order chi connectivity index (χ0) is 21.7. The first-order valence-electron chi connectivity index (χ1n) is 9.26. The number of hydrogen-bond acceptors (Lipinski definition) is 6. The molecule has 0 spiro atoms. The molecule has 0 unspecified atom stereocenters.